The molecule has 112 valence electrons. The zero-order chi connectivity index (χ0) is 15.1. The summed E-state index contributed by atoms with van der Waals surface area (Å²) in [7, 11) is 0. The minimum Gasteiger partial charge on any atom is -0.409 e. The Kier molecular flexibility index (Phi) is 6.17. The maximum Gasteiger partial charge on any atom is 0.174 e. The van der Waals surface area contributed by atoms with E-state index < -0.39 is 0 Å². The first-order chi connectivity index (χ1) is 9.64. The molecule has 4 N–H and O–H groups in total. The molecule has 0 radical (unpaired) electrons. The van der Waals surface area contributed by atoms with E-state index in [-0.39, 0.29) is 12.4 Å². The van der Waals surface area contributed by atoms with Gasteiger partial charge in [0.25, 0.3) is 0 Å². The van der Waals surface area contributed by atoms with Crippen molar-refractivity contribution >= 4 is 11.7 Å². The zero-order valence-electron chi connectivity index (χ0n) is 12.3. The highest BCUT2D eigenvalue weighted by molar-refractivity contribution is 6.03. The van der Waals surface area contributed by atoms with Crippen molar-refractivity contribution in [2.24, 2.45) is 10.9 Å². The normalized spacial score (nSPS) is 11.7. The van der Waals surface area contributed by atoms with Crippen molar-refractivity contribution < 1.29 is 10.3 Å². The van der Waals surface area contributed by atoms with E-state index in [0.29, 0.717) is 30.9 Å². The van der Waals surface area contributed by atoms with E-state index in [0.717, 1.165) is 17.7 Å². The van der Waals surface area contributed by atoms with E-state index in [9.17, 15) is 0 Å². The lowest BCUT2D eigenvalue weighted by Crippen LogP contribution is -2.32. The third-order valence-electron chi connectivity index (χ3n) is 3.24. The van der Waals surface area contributed by atoms with Gasteiger partial charge in [-0.2, -0.15) is 5.10 Å². The summed E-state index contributed by atoms with van der Waals surface area (Å²) >= 11 is 0. The standard InChI is InChI=1S/C13H23N5O2/c1-4-9-10(5-2)15-16-13(11(9)12(14)17-20)18(6-3)7-8-19/h19-20H,4-8H2,1-3H3,(H2,14,17). The van der Waals surface area contributed by atoms with Crippen LogP contribution >= 0.6 is 0 Å². The van der Waals surface area contributed by atoms with E-state index in [4.69, 9.17) is 16.0 Å². The molecular weight excluding hydrogens is 258 g/mol. The molecule has 0 fully saturated rings. The van der Waals surface area contributed by atoms with Crippen LogP contribution in [0.4, 0.5) is 5.82 Å². The summed E-state index contributed by atoms with van der Waals surface area (Å²) < 4.78 is 0. The summed E-state index contributed by atoms with van der Waals surface area (Å²) in [5.41, 5.74) is 8.21. The summed E-state index contributed by atoms with van der Waals surface area (Å²) in [5, 5.41) is 29.7. The smallest absolute Gasteiger partial charge is 0.174 e. The van der Waals surface area contributed by atoms with Crippen molar-refractivity contribution in [1.82, 2.24) is 10.2 Å². The highest BCUT2D eigenvalue weighted by atomic mass is 16.4. The van der Waals surface area contributed by atoms with Crippen LogP contribution in [0.2, 0.25) is 0 Å². The van der Waals surface area contributed by atoms with E-state index in [1.54, 1.807) is 0 Å². The largest absolute Gasteiger partial charge is 0.409 e. The Morgan fingerprint density at radius 2 is 1.95 bits per heavy atom. The number of aliphatic hydroxyl groups excluding tert-OH is 1. The molecule has 7 nitrogen and oxygen atoms in total. The lowest BCUT2D eigenvalue weighted by Gasteiger charge is -2.24. The number of hydrogen-bond donors (Lipinski definition) is 3. The number of nitrogens with zero attached hydrogens (tertiary/aromatic N) is 4. The molecule has 0 bridgehead atoms. The molecule has 0 spiro atoms. The van der Waals surface area contributed by atoms with Gasteiger partial charge in [0.05, 0.1) is 17.9 Å². The minimum atomic E-state index is 0.00210. The summed E-state index contributed by atoms with van der Waals surface area (Å²) in [4.78, 5) is 1.86. The number of aromatic nitrogens is 2. The number of aliphatic hydroxyl groups is 1. The molecule has 0 saturated heterocycles. The molecule has 0 amide bonds. The third kappa shape index (κ3) is 3.16. The van der Waals surface area contributed by atoms with Gasteiger partial charge in [-0.15, -0.1) is 5.10 Å². The van der Waals surface area contributed by atoms with Crippen LogP contribution in [0.3, 0.4) is 0 Å². The van der Waals surface area contributed by atoms with Gasteiger partial charge in [-0.25, -0.2) is 0 Å². The SMILES string of the molecule is CCc1nnc(N(CC)CCO)c(C(N)=NO)c1CC. The Labute approximate surface area is 119 Å². The topological polar surface area (TPSA) is 108 Å². The predicted molar refractivity (Wildman–Crippen MR) is 78.3 cm³/mol. The molecule has 0 atom stereocenters. The Morgan fingerprint density at radius 1 is 1.25 bits per heavy atom. The maximum absolute atomic E-state index is 9.14. The van der Waals surface area contributed by atoms with Crippen LogP contribution in [0.5, 0.6) is 0 Å². The predicted octanol–water partition coefficient (Wildman–Crippen LogP) is 0.515. The maximum atomic E-state index is 9.14. The molecule has 1 heterocycles. The summed E-state index contributed by atoms with van der Waals surface area (Å²) in [6.07, 6.45) is 1.45. The van der Waals surface area contributed by atoms with Gasteiger partial charge in [0, 0.05) is 13.1 Å². The Balaban J connectivity index is 3.51. The lowest BCUT2D eigenvalue weighted by atomic mass is 10.0. The van der Waals surface area contributed by atoms with Gasteiger partial charge in [0.1, 0.15) is 0 Å². The highest BCUT2D eigenvalue weighted by Gasteiger charge is 2.21. The van der Waals surface area contributed by atoms with Crippen molar-refractivity contribution in [3.63, 3.8) is 0 Å². The molecule has 0 aliphatic heterocycles. The Bertz CT molecular complexity index is 476. The number of hydrogen-bond acceptors (Lipinski definition) is 6. The highest BCUT2D eigenvalue weighted by Crippen LogP contribution is 2.23. The number of anilines is 1. The molecule has 0 saturated carbocycles. The number of oxime groups is 1. The van der Waals surface area contributed by atoms with Crippen molar-refractivity contribution in [2.75, 3.05) is 24.6 Å². The van der Waals surface area contributed by atoms with Crippen molar-refractivity contribution in [3.05, 3.63) is 16.8 Å². The fourth-order valence-corrected chi connectivity index (χ4v) is 2.24. The van der Waals surface area contributed by atoms with Crippen molar-refractivity contribution in [2.45, 2.75) is 33.6 Å². The van der Waals surface area contributed by atoms with Gasteiger partial charge < -0.3 is 20.9 Å². The van der Waals surface area contributed by atoms with E-state index >= 15 is 0 Å². The molecule has 1 rings (SSSR count). The quantitative estimate of drug-likeness (QED) is 0.291. The first-order valence-electron chi connectivity index (χ1n) is 6.86. The van der Waals surface area contributed by atoms with Gasteiger partial charge in [0.2, 0.25) is 0 Å². The molecule has 0 unspecified atom stereocenters. The van der Waals surface area contributed by atoms with E-state index in [1.807, 2.05) is 25.7 Å². The van der Waals surface area contributed by atoms with Crippen molar-refractivity contribution in [1.29, 1.82) is 0 Å². The van der Waals surface area contributed by atoms with E-state index in [2.05, 4.69) is 15.4 Å². The first kappa shape index (κ1) is 16.2. The summed E-state index contributed by atoms with van der Waals surface area (Å²) in [6, 6.07) is 0. The molecule has 0 aliphatic rings. The molecule has 1 aromatic rings. The molecule has 0 aromatic carbocycles. The number of aryl methyl sites for hydroxylation is 1. The van der Waals surface area contributed by atoms with Gasteiger partial charge in [-0.05, 0) is 25.3 Å². The first-order valence-corrected chi connectivity index (χ1v) is 6.86. The third-order valence-corrected chi connectivity index (χ3v) is 3.24. The van der Waals surface area contributed by atoms with Crippen LogP contribution in [-0.2, 0) is 12.8 Å². The van der Waals surface area contributed by atoms with Crippen LogP contribution in [0.25, 0.3) is 0 Å². The number of likely N-dealkylation sites (N-methyl/N-ethyl adjacent to an activating group) is 1. The number of amidine groups is 1. The Hall–Kier alpha value is -1.89. The Morgan fingerprint density at radius 3 is 2.40 bits per heavy atom. The van der Waals surface area contributed by atoms with Gasteiger partial charge >= 0.3 is 0 Å². The van der Waals surface area contributed by atoms with Gasteiger partial charge in [0.15, 0.2) is 11.7 Å². The minimum absolute atomic E-state index is 0.00210. The monoisotopic (exact) mass is 281 g/mol. The fraction of sp³-hybridized carbons (Fsp3) is 0.615. The molecule has 0 aliphatic carbocycles. The van der Waals surface area contributed by atoms with Crippen LogP contribution in [0.1, 0.15) is 37.6 Å². The second-order valence-electron chi connectivity index (χ2n) is 4.32. The second kappa shape index (κ2) is 7.64. The number of nitrogens with two attached hydrogens (primary N) is 1. The van der Waals surface area contributed by atoms with Gasteiger partial charge in [-0.3, -0.25) is 0 Å². The van der Waals surface area contributed by atoms with Crippen LogP contribution < -0.4 is 10.6 Å². The second-order valence-corrected chi connectivity index (χ2v) is 4.32. The van der Waals surface area contributed by atoms with Crippen LogP contribution in [0.15, 0.2) is 5.16 Å². The molecule has 1 aromatic heterocycles. The average molecular weight is 281 g/mol. The summed E-state index contributed by atoms with van der Waals surface area (Å²) in [5.74, 6) is 0.573. The molecule has 20 heavy (non-hydrogen) atoms. The van der Waals surface area contributed by atoms with Crippen LogP contribution in [-0.4, -0.2) is 46.0 Å². The average Bonchev–Trinajstić information content (AvgIpc) is 2.50. The number of rotatable bonds is 7. The lowest BCUT2D eigenvalue weighted by molar-refractivity contribution is 0.302. The van der Waals surface area contributed by atoms with Gasteiger partial charge in [-0.1, -0.05) is 19.0 Å². The molecule has 7 heteroatoms. The van der Waals surface area contributed by atoms with Crippen LogP contribution in [0, 0.1) is 0 Å². The summed E-state index contributed by atoms with van der Waals surface area (Å²) in [6.45, 7) is 7.01. The fourth-order valence-electron chi connectivity index (χ4n) is 2.24. The zero-order valence-corrected chi connectivity index (χ0v) is 12.3. The molecular formula is C13H23N5O2. The van der Waals surface area contributed by atoms with E-state index in [1.165, 1.54) is 0 Å². The van der Waals surface area contributed by atoms with Crippen molar-refractivity contribution in [3.8, 4) is 0 Å².